The van der Waals surface area contributed by atoms with Gasteiger partial charge in [0.05, 0.1) is 9.79 Å². The molecule has 1 fully saturated rings. The van der Waals surface area contributed by atoms with Gasteiger partial charge in [-0.15, -0.1) is 8.15 Å². The SMILES string of the molecule is Cc1ccc(S(=O)(=O)N(CC2(C)CCCC(N(P(Oc3ccccc3C)Oc3ccccc3C)S(=O)(=O)c3ccc(C)cc3)C2)P(Oc2ccccc2C)Oc2ccccc2C)cc1. The number of benzene rings is 6. The molecule has 1 aliphatic rings. The molecule has 0 radical (unpaired) electrons. The van der Waals surface area contributed by atoms with E-state index in [0.29, 0.717) is 42.3 Å². The van der Waals surface area contributed by atoms with Crippen molar-refractivity contribution < 1.29 is 34.9 Å². The molecule has 2 unspecified atom stereocenters. The minimum atomic E-state index is -4.31. The number of hydrogen-bond donors (Lipinski definition) is 0. The van der Waals surface area contributed by atoms with E-state index in [4.69, 9.17) is 18.1 Å². The highest BCUT2D eigenvalue weighted by Crippen LogP contribution is 2.56. The van der Waals surface area contributed by atoms with E-state index in [2.05, 4.69) is 0 Å². The first-order valence-corrected chi connectivity index (χ1v) is 26.4. The molecule has 6 aromatic carbocycles. The summed E-state index contributed by atoms with van der Waals surface area (Å²) < 4.78 is 91.0. The van der Waals surface area contributed by atoms with Crippen LogP contribution >= 0.6 is 17.1 Å². The molecule has 0 bridgehead atoms. The lowest BCUT2D eigenvalue weighted by Gasteiger charge is -2.45. The molecule has 7 rings (SSSR count). The maximum atomic E-state index is 15.4. The predicted molar refractivity (Wildman–Crippen MR) is 257 cm³/mol. The van der Waals surface area contributed by atoms with E-state index in [9.17, 15) is 0 Å². The molecular weight excluding hydrogens is 883 g/mol. The number of nitrogens with zero attached hydrogens (tertiary/aromatic N) is 2. The highest BCUT2D eigenvalue weighted by atomic mass is 32.2. The summed E-state index contributed by atoms with van der Waals surface area (Å²) in [4.78, 5) is 0.193. The average Bonchev–Trinajstić information content (AvgIpc) is 3.26. The van der Waals surface area contributed by atoms with Gasteiger partial charge in [-0.05, 0) is 137 Å². The second-order valence-electron chi connectivity index (χ2n) is 16.9. The Kier molecular flexibility index (Phi) is 14.9. The topological polar surface area (TPSA) is 112 Å². The van der Waals surface area contributed by atoms with Crippen LogP contribution in [-0.2, 0) is 20.0 Å². The van der Waals surface area contributed by atoms with E-state index < -0.39 is 48.6 Å². The van der Waals surface area contributed by atoms with Crippen LogP contribution in [0.3, 0.4) is 0 Å². The fourth-order valence-corrected chi connectivity index (χ4v) is 15.3. The second-order valence-corrected chi connectivity index (χ2v) is 23.7. The van der Waals surface area contributed by atoms with Gasteiger partial charge in [-0.3, -0.25) is 0 Å². The highest BCUT2D eigenvalue weighted by Gasteiger charge is 2.50. The minimum Gasteiger partial charge on any atom is -0.426 e. The standard InChI is InChI=1S/C50H56N2O8P2S2/c1-37-26-30-44(31-27-37)63(53,54)51(61(57-46-22-12-8-17-39(46)3)58-47-23-13-9-18-40(47)4)36-50(7)34-16-21-43(35-50)52(64(55,56)45-32-28-38(2)29-33-45)62(59-48-24-14-10-19-41(48)5)60-49-25-15-11-20-42(49)6/h8-15,17-20,22-33,43H,16,21,34-36H2,1-7H3. The van der Waals surface area contributed by atoms with Crippen LogP contribution in [0.1, 0.15) is 66.0 Å². The third kappa shape index (κ3) is 11.0. The molecule has 14 heteroatoms. The lowest BCUT2D eigenvalue weighted by molar-refractivity contribution is 0.142. The number of aryl methyl sites for hydroxylation is 6. The Morgan fingerprint density at radius 3 is 1.27 bits per heavy atom. The fourth-order valence-electron chi connectivity index (χ4n) is 7.67. The van der Waals surface area contributed by atoms with Crippen molar-refractivity contribution in [3.63, 3.8) is 0 Å². The zero-order valence-electron chi connectivity index (χ0n) is 37.3. The third-order valence-corrected chi connectivity index (χ3v) is 19.3. The maximum absolute atomic E-state index is 15.4. The summed E-state index contributed by atoms with van der Waals surface area (Å²) in [5.41, 5.74) is 4.28. The lowest BCUT2D eigenvalue weighted by Crippen LogP contribution is -2.47. The van der Waals surface area contributed by atoms with Gasteiger partial charge in [0.1, 0.15) is 23.0 Å². The molecule has 0 aliphatic heterocycles. The smallest absolute Gasteiger partial charge is 0.399 e. The van der Waals surface area contributed by atoms with Crippen LogP contribution in [0.5, 0.6) is 23.0 Å². The first kappa shape index (κ1) is 47.2. The van der Waals surface area contributed by atoms with Gasteiger partial charge in [0.25, 0.3) is 20.0 Å². The summed E-state index contributed by atoms with van der Waals surface area (Å²) in [6.45, 7) is 13.4. The molecule has 0 amide bonds. The molecule has 1 aliphatic carbocycles. The van der Waals surface area contributed by atoms with Crippen molar-refractivity contribution in [2.45, 2.75) is 90.0 Å². The van der Waals surface area contributed by atoms with E-state index in [1.807, 2.05) is 133 Å². The van der Waals surface area contributed by atoms with Crippen LogP contribution in [0.15, 0.2) is 155 Å². The maximum Gasteiger partial charge on any atom is 0.399 e. The molecule has 0 heterocycles. The summed E-state index contributed by atoms with van der Waals surface area (Å²) in [5, 5.41) is 0. The Labute approximate surface area is 382 Å². The minimum absolute atomic E-state index is 0.0448. The quantitative estimate of drug-likeness (QED) is 0.0831. The number of sulfonamides is 2. The van der Waals surface area contributed by atoms with E-state index in [0.717, 1.165) is 33.4 Å². The van der Waals surface area contributed by atoms with Gasteiger partial charge in [-0.25, -0.2) is 16.8 Å². The first-order chi connectivity index (χ1) is 30.5. The second kappa shape index (κ2) is 20.2. The van der Waals surface area contributed by atoms with Crippen LogP contribution in [-0.4, -0.2) is 37.6 Å². The molecule has 64 heavy (non-hydrogen) atoms. The zero-order valence-corrected chi connectivity index (χ0v) is 40.8. The summed E-state index contributed by atoms with van der Waals surface area (Å²) >= 11 is 0. The fraction of sp³-hybridized carbons (Fsp3) is 0.280. The van der Waals surface area contributed by atoms with Crippen LogP contribution in [0, 0.1) is 47.0 Å². The summed E-state index contributed by atoms with van der Waals surface area (Å²) in [6.07, 6.45) is 1.93. The Bertz CT molecular complexity index is 2680. The van der Waals surface area contributed by atoms with Crippen LogP contribution in [0.2, 0.25) is 0 Å². The van der Waals surface area contributed by atoms with Crippen LogP contribution in [0.4, 0.5) is 0 Å². The van der Waals surface area contributed by atoms with Crippen molar-refractivity contribution >= 4 is 37.1 Å². The monoisotopic (exact) mass is 938 g/mol. The van der Waals surface area contributed by atoms with Gasteiger partial charge >= 0.3 is 17.1 Å². The van der Waals surface area contributed by atoms with Gasteiger partial charge in [0, 0.05) is 12.6 Å². The van der Waals surface area contributed by atoms with Gasteiger partial charge in [-0.2, -0.15) is 0 Å². The third-order valence-electron chi connectivity index (χ3n) is 11.5. The predicted octanol–water partition coefficient (Wildman–Crippen LogP) is 12.9. The molecule has 0 saturated heterocycles. The molecule has 2 atom stereocenters. The number of para-hydroxylation sites is 4. The van der Waals surface area contributed by atoms with E-state index in [1.165, 1.54) is 8.15 Å². The molecule has 0 aromatic heterocycles. The Hall–Kier alpha value is -4.80. The van der Waals surface area contributed by atoms with Gasteiger partial charge in [0.2, 0.25) is 0 Å². The van der Waals surface area contributed by atoms with Gasteiger partial charge < -0.3 is 18.1 Å². The Balaban J connectivity index is 1.35. The molecule has 0 N–H and O–H groups in total. The molecule has 336 valence electrons. The summed E-state index contributed by atoms with van der Waals surface area (Å²) in [6, 6.07) is 42.7. The van der Waals surface area contributed by atoms with Crippen molar-refractivity contribution in [3.8, 4) is 23.0 Å². The molecule has 10 nitrogen and oxygen atoms in total. The molecule has 6 aromatic rings. The lowest BCUT2D eigenvalue weighted by atomic mass is 9.74. The first-order valence-electron chi connectivity index (χ1n) is 21.3. The summed E-state index contributed by atoms with van der Waals surface area (Å²) in [7, 11) is -13.4. The van der Waals surface area contributed by atoms with Crippen molar-refractivity contribution in [1.82, 2.24) is 8.15 Å². The van der Waals surface area contributed by atoms with Crippen LogP contribution < -0.4 is 18.1 Å². The normalized spacial score (nSPS) is 16.9. The van der Waals surface area contributed by atoms with E-state index in [-0.39, 0.29) is 22.8 Å². The summed E-state index contributed by atoms with van der Waals surface area (Å²) in [5.74, 6) is 1.96. The highest BCUT2D eigenvalue weighted by molar-refractivity contribution is 7.94. The van der Waals surface area contributed by atoms with Gasteiger partial charge in [0.15, 0.2) is 0 Å². The van der Waals surface area contributed by atoms with Gasteiger partial charge in [-0.1, -0.05) is 122 Å². The Morgan fingerprint density at radius 1 is 0.516 bits per heavy atom. The molecule has 0 spiro atoms. The number of hydrogen-bond acceptors (Lipinski definition) is 8. The molecule has 1 saturated carbocycles. The van der Waals surface area contributed by atoms with E-state index in [1.54, 1.807) is 60.7 Å². The van der Waals surface area contributed by atoms with Crippen molar-refractivity contribution in [3.05, 3.63) is 179 Å². The largest absolute Gasteiger partial charge is 0.426 e. The van der Waals surface area contributed by atoms with Crippen LogP contribution in [0.25, 0.3) is 0 Å². The average molecular weight is 939 g/mol. The number of rotatable bonds is 17. The van der Waals surface area contributed by atoms with Crippen molar-refractivity contribution in [1.29, 1.82) is 0 Å². The zero-order chi connectivity index (χ0) is 45.6. The van der Waals surface area contributed by atoms with E-state index >= 15 is 16.8 Å². The Morgan fingerprint density at radius 2 is 0.875 bits per heavy atom. The molecular formula is C50H56N2O8P2S2. The van der Waals surface area contributed by atoms with Crippen molar-refractivity contribution in [2.24, 2.45) is 5.41 Å². The van der Waals surface area contributed by atoms with Crippen molar-refractivity contribution in [2.75, 3.05) is 6.54 Å².